The largest absolute Gasteiger partial charge is 0.389 e. The molecule has 0 atom stereocenters. The predicted octanol–water partition coefficient (Wildman–Crippen LogP) is 4.04. The van der Waals surface area contributed by atoms with Crippen molar-refractivity contribution < 1.29 is 18.0 Å². The second-order valence-corrected chi connectivity index (χ2v) is 4.41. The minimum absolute atomic E-state index is 0.356. The molecule has 1 heterocycles. The Balaban J connectivity index is 2.56. The maximum Gasteiger partial charge on any atom is 0.389 e. The average molecular weight is 287 g/mol. The second-order valence-electron chi connectivity index (χ2n) is 2.64. The monoisotopic (exact) mass is 286 g/mol. The van der Waals surface area contributed by atoms with Crippen molar-refractivity contribution in [1.29, 1.82) is 0 Å². The molecule has 1 aromatic rings. The van der Waals surface area contributed by atoms with Gasteiger partial charge >= 0.3 is 6.18 Å². The molecule has 0 fully saturated rings. The van der Waals surface area contributed by atoms with Crippen LogP contribution in [0.15, 0.2) is 15.9 Å². The van der Waals surface area contributed by atoms with Crippen molar-refractivity contribution in [3.05, 3.63) is 20.8 Å². The lowest BCUT2D eigenvalue weighted by atomic mass is 10.2. The lowest BCUT2D eigenvalue weighted by Crippen LogP contribution is -2.10. The van der Waals surface area contributed by atoms with Gasteiger partial charge in [-0.2, -0.15) is 13.2 Å². The van der Waals surface area contributed by atoms with Crippen molar-refractivity contribution in [3.8, 4) is 0 Å². The Morgan fingerprint density at radius 2 is 2.14 bits per heavy atom. The van der Waals surface area contributed by atoms with Gasteiger partial charge in [0.25, 0.3) is 0 Å². The highest BCUT2D eigenvalue weighted by Crippen LogP contribution is 2.27. The third-order valence-electron chi connectivity index (χ3n) is 1.51. The van der Waals surface area contributed by atoms with Gasteiger partial charge in [-0.1, -0.05) is 0 Å². The molecular weight excluding hydrogens is 281 g/mol. The normalized spacial score (nSPS) is 11.7. The molecule has 0 N–H and O–H groups in total. The minimum Gasteiger partial charge on any atom is -0.293 e. The Bertz CT molecular complexity index is 332. The standard InChI is InChI=1S/C8H6BrF3OS/c9-5-2-4-14-7(5)6(13)1-3-8(10,11)12/h2,4H,1,3H2. The number of halogens is 4. The summed E-state index contributed by atoms with van der Waals surface area (Å²) in [6.07, 6.45) is -5.81. The van der Waals surface area contributed by atoms with Gasteiger partial charge in [0.05, 0.1) is 11.3 Å². The van der Waals surface area contributed by atoms with E-state index in [1.54, 1.807) is 11.4 Å². The molecule has 0 spiro atoms. The summed E-state index contributed by atoms with van der Waals surface area (Å²) < 4.78 is 36.0. The van der Waals surface area contributed by atoms with Crippen molar-refractivity contribution in [1.82, 2.24) is 0 Å². The van der Waals surface area contributed by atoms with Crippen molar-refractivity contribution in [3.63, 3.8) is 0 Å². The van der Waals surface area contributed by atoms with E-state index in [1.165, 1.54) is 0 Å². The van der Waals surface area contributed by atoms with Gasteiger partial charge in [0, 0.05) is 10.9 Å². The van der Waals surface area contributed by atoms with Crippen molar-refractivity contribution in [2.45, 2.75) is 19.0 Å². The van der Waals surface area contributed by atoms with Crippen LogP contribution >= 0.6 is 27.3 Å². The van der Waals surface area contributed by atoms with E-state index in [1.807, 2.05) is 0 Å². The molecule has 6 heteroatoms. The molecule has 0 aliphatic rings. The van der Waals surface area contributed by atoms with Crippen LogP contribution in [0, 0.1) is 0 Å². The second kappa shape index (κ2) is 4.44. The summed E-state index contributed by atoms with van der Waals surface area (Å²) in [6.45, 7) is 0. The maximum absolute atomic E-state index is 11.8. The number of carbonyl (C=O) groups is 1. The zero-order chi connectivity index (χ0) is 10.8. The SMILES string of the molecule is O=C(CCC(F)(F)F)c1sccc1Br. The van der Waals surface area contributed by atoms with Crippen molar-refractivity contribution >= 4 is 33.0 Å². The van der Waals surface area contributed by atoms with Crippen LogP contribution in [0.4, 0.5) is 13.2 Å². The van der Waals surface area contributed by atoms with Gasteiger partial charge in [0.2, 0.25) is 0 Å². The molecule has 14 heavy (non-hydrogen) atoms. The van der Waals surface area contributed by atoms with Crippen molar-refractivity contribution in [2.24, 2.45) is 0 Å². The highest BCUT2D eigenvalue weighted by Gasteiger charge is 2.28. The van der Waals surface area contributed by atoms with E-state index in [4.69, 9.17) is 0 Å². The fraction of sp³-hybridized carbons (Fsp3) is 0.375. The zero-order valence-corrected chi connectivity index (χ0v) is 9.30. The first-order valence-electron chi connectivity index (χ1n) is 3.73. The molecule has 0 saturated heterocycles. The molecule has 0 saturated carbocycles. The molecule has 1 rings (SSSR count). The van der Waals surface area contributed by atoms with E-state index in [0.29, 0.717) is 9.35 Å². The van der Waals surface area contributed by atoms with Crippen LogP contribution in [0.5, 0.6) is 0 Å². The van der Waals surface area contributed by atoms with Gasteiger partial charge in [-0.05, 0) is 27.4 Å². The molecule has 1 aromatic heterocycles. The van der Waals surface area contributed by atoms with E-state index in [2.05, 4.69) is 15.9 Å². The Labute approximate surface area is 91.1 Å². The molecule has 0 amide bonds. The van der Waals surface area contributed by atoms with Gasteiger partial charge in [-0.25, -0.2) is 0 Å². The third kappa shape index (κ3) is 3.42. The Morgan fingerprint density at radius 1 is 1.50 bits per heavy atom. The maximum atomic E-state index is 11.8. The smallest absolute Gasteiger partial charge is 0.293 e. The number of rotatable bonds is 3. The summed E-state index contributed by atoms with van der Waals surface area (Å²) in [5, 5.41) is 1.66. The highest BCUT2D eigenvalue weighted by molar-refractivity contribution is 9.10. The summed E-state index contributed by atoms with van der Waals surface area (Å²) in [6, 6.07) is 1.64. The lowest BCUT2D eigenvalue weighted by Gasteiger charge is -2.04. The van der Waals surface area contributed by atoms with Crippen LogP contribution in [0.3, 0.4) is 0 Å². The van der Waals surface area contributed by atoms with E-state index >= 15 is 0 Å². The Kier molecular flexibility index (Phi) is 3.71. The molecule has 0 aliphatic heterocycles. The Morgan fingerprint density at radius 3 is 2.57 bits per heavy atom. The first-order chi connectivity index (χ1) is 6.40. The molecular formula is C8H6BrF3OS. The summed E-state index contributed by atoms with van der Waals surface area (Å²) in [5.74, 6) is -0.468. The number of ketones is 1. The Hall–Kier alpha value is -0.360. The molecule has 78 valence electrons. The highest BCUT2D eigenvalue weighted by atomic mass is 79.9. The van der Waals surface area contributed by atoms with E-state index < -0.39 is 24.8 Å². The number of thiophene rings is 1. The summed E-state index contributed by atoms with van der Waals surface area (Å²) in [7, 11) is 0. The number of hydrogen-bond donors (Lipinski definition) is 0. The third-order valence-corrected chi connectivity index (χ3v) is 3.38. The summed E-state index contributed by atoms with van der Waals surface area (Å²) in [4.78, 5) is 11.6. The first-order valence-corrected chi connectivity index (χ1v) is 5.40. The van der Waals surface area contributed by atoms with E-state index in [9.17, 15) is 18.0 Å². The van der Waals surface area contributed by atoms with Crippen LogP contribution in [0.25, 0.3) is 0 Å². The molecule has 0 aliphatic carbocycles. The summed E-state index contributed by atoms with van der Waals surface area (Å²) >= 11 is 4.24. The van der Waals surface area contributed by atoms with Gasteiger partial charge in [0.15, 0.2) is 5.78 Å². The first kappa shape index (κ1) is 11.7. The van der Waals surface area contributed by atoms with Crippen LogP contribution < -0.4 is 0 Å². The average Bonchev–Trinajstić information content (AvgIpc) is 2.46. The summed E-state index contributed by atoms with van der Waals surface area (Å²) in [5.41, 5.74) is 0. The molecule has 1 nitrogen and oxygen atoms in total. The quantitative estimate of drug-likeness (QED) is 0.767. The van der Waals surface area contributed by atoms with Gasteiger partial charge in [-0.3, -0.25) is 4.79 Å². The van der Waals surface area contributed by atoms with Crippen LogP contribution in [-0.4, -0.2) is 12.0 Å². The predicted molar refractivity (Wildman–Crippen MR) is 51.6 cm³/mol. The van der Waals surface area contributed by atoms with E-state index in [0.717, 1.165) is 11.3 Å². The fourth-order valence-electron chi connectivity index (χ4n) is 0.861. The van der Waals surface area contributed by atoms with Crippen LogP contribution in [0.2, 0.25) is 0 Å². The molecule has 0 unspecified atom stereocenters. The lowest BCUT2D eigenvalue weighted by molar-refractivity contribution is -0.133. The van der Waals surface area contributed by atoms with Crippen molar-refractivity contribution in [2.75, 3.05) is 0 Å². The van der Waals surface area contributed by atoms with Crippen LogP contribution in [-0.2, 0) is 0 Å². The van der Waals surface area contributed by atoms with Gasteiger partial charge in [-0.15, -0.1) is 11.3 Å². The molecule has 0 radical (unpaired) electrons. The number of Topliss-reactive ketones (excluding diaryl/α,β-unsaturated/α-hetero) is 1. The zero-order valence-electron chi connectivity index (χ0n) is 6.90. The fourth-order valence-corrected chi connectivity index (χ4v) is 2.42. The van der Waals surface area contributed by atoms with Gasteiger partial charge in [0.1, 0.15) is 0 Å². The van der Waals surface area contributed by atoms with Crippen LogP contribution in [0.1, 0.15) is 22.5 Å². The number of alkyl halides is 3. The number of hydrogen-bond acceptors (Lipinski definition) is 2. The topological polar surface area (TPSA) is 17.1 Å². The molecule has 0 aromatic carbocycles. The van der Waals surface area contributed by atoms with Gasteiger partial charge < -0.3 is 0 Å². The number of carbonyl (C=O) groups excluding carboxylic acids is 1. The molecule has 0 bridgehead atoms. The minimum atomic E-state index is -4.26. The van der Waals surface area contributed by atoms with E-state index in [-0.39, 0.29) is 0 Å².